The smallest absolute Gasteiger partial charge is 0.302 e. The van der Waals surface area contributed by atoms with Crippen LogP contribution < -0.4 is 0 Å². The second kappa shape index (κ2) is 3.59. The fourth-order valence-electron chi connectivity index (χ4n) is 2.77. The van der Waals surface area contributed by atoms with Crippen molar-refractivity contribution in [2.75, 3.05) is 0 Å². The summed E-state index contributed by atoms with van der Waals surface area (Å²) < 4.78 is 10.2. The fourth-order valence-corrected chi connectivity index (χ4v) is 2.77. The summed E-state index contributed by atoms with van der Waals surface area (Å²) in [5, 5.41) is 0. The molecule has 2 saturated carbocycles. The molecule has 0 aromatic rings. The number of rotatable bonds is 3. The topological polar surface area (TPSA) is 52.6 Å². The molecular weight excluding hydrogens is 184 g/mol. The molecule has 78 valence electrons. The van der Waals surface area contributed by atoms with Crippen molar-refractivity contribution in [3.8, 4) is 0 Å². The molecule has 2 aliphatic carbocycles. The molecule has 0 aromatic carbocycles. The first kappa shape index (κ1) is 9.49. The van der Waals surface area contributed by atoms with Gasteiger partial charge in [0.25, 0.3) is 6.47 Å². The van der Waals surface area contributed by atoms with Gasteiger partial charge >= 0.3 is 5.97 Å². The zero-order chi connectivity index (χ0) is 10.1. The molecule has 0 heterocycles. The van der Waals surface area contributed by atoms with Gasteiger partial charge in [-0.2, -0.15) is 0 Å². The van der Waals surface area contributed by atoms with Gasteiger partial charge in [-0.15, -0.1) is 0 Å². The third kappa shape index (κ3) is 1.61. The van der Waals surface area contributed by atoms with Crippen LogP contribution in [-0.2, 0) is 19.1 Å². The van der Waals surface area contributed by atoms with Crippen LogP contribution in [0.3, 0.4) is 0 Å². The summed E-state index contributed by atoms with van der Waals surface area (Å²) in [5.41, 5.74) is 0. The van der Waals surface area contributed by atoms with Crippen molar-refractivity contribution in [1.82, 2.24) is 0 Å². The van der Waals surface area contributed by atoms with E-state index in [1.165, 1.54) is 6.92 Å². The standard InChI is InChI=1S/C10H14O4/c1-6(12)14-10-4-7-2-8(10)3-9(7)13-5-11/h5,7-10H,2-4H2,1H3. The molecule has 2 fully saturated rings. The normalized spacial score (nSPS) is 39.5. The van der Waals surface area contributed by atoms with Crippen LogP contribution in [0.1, 0.15) is 26.2 Å². The highest BCUT2D eigenvalue weighted by Crippen LogP contribution is 2.47. The summed E-state index contributed by atoms with van der Waals surface area (Å²) in [6, 6.07) is 0. The average Bonchev–Trinajstić information content (AvgIpc) is 2.62. The Morgan fingerprint density at radius 1 is 1.21 bits per heavy atom. The quantitative estimate of drug-likeness (QED) is 0.499. The predicted molar refractivity (Wildman–Crippen MR) is 47.3 cm³/mol. The highest BCUT2D eigenvalue weighted by Gasteiger charge is 2.48. The molecule has 4 heteroatoms. The van der Waals surface area contributed by atoms with Crippen LogP contribution in [0.2, 0.25) is 0 Å². The van der Waals surface area contributed by atoms with Gasteiger partial charge in [-0.1, -0.05) is 0 Å². The summed E-state index contributed by atoms with van der Waals surface area (Å²) in [5.74, 6) is 0.582. The third-order valence-electron chi connectivity index (χ3n) is 3.27. The molecular formula is C10H14O4. The summed E-state index contributed by atoms with van der Waals surface area (Å²) in [4.78, 5) is 21.0. The van der Waals surface area contributed by atoms with Gasteiger partial charge < -0.3 is 9.47 Å². The summed E-state index contributed by atoms with van der Waals surface area (Å²) in [6.45, 7) is 1.96. The molecule has 0 saturated heterocycles. The fraction of sp³-hybridized carbons (Fsp3) is 0.800. The van der Waals surface area contributed by atoms with Crippen molar-refractivity contribution < 1.29 is 19.1 Å². The Morgan fingerprint density at radius 3 is 2.36 bits per heavy atom. The van der Waals surface area contributed by atoms with Crippen LogP contribution in [0.25, 0.3) is 0 Å². The molecule has 4 nitrogen and oxygen atoms in total. The predicted octanol–water partition coefficient (Wildman–Crippen LogP) is 0.890. The van der Waals surface area contributed by atoms with Crippen LogP contribution in [0.15, 0.2) is 0 Å². The molecule has 0 N–H and O–H groups in total. The molecule has 14 heavy (non-hydrogen) atoms. The Morgan fingerprint density at radius 2 is 1.86 bits per heavy atom. The molecule has 0 amide bonds. The van der Waals surface area contributed by atoms with Gasteiger partial charge in [0.1, 0.15) is 12.2 Å². The van der Waals surface area contributed by atoms with Gasteiger partial charge in [0.15, 0.2) is 0 Å². The van der Waals surface area contributed by atoms with Crippen molar-refractivity contribution in [3.63, 3.8) is 0 Å². The van der Waals surface area contributed by atoms with Crippen LogP contribution in [0.5, 0.6) is 0 Å². The number of ether oxygens (including phenoxy) is 2. The second-order valence-corrected chi connectivity index (χ2v) is 4.15. The Labute approximate surface area is 82.6 Å². The lowest BCUT2D eigenvalue weighted by Gasteiger charge is -2.26. The second-order valence-electron chi connectivity index (χ2n) is 4.15. The van der Waals surface area contributed by atoms with Crippen molar-refractivity contribution in [2.45, 2.75) is 38.4 Å². The SMILES string of the molecule is CC(=O)OC1CC2CC1CC2OC=O. The van der Waals surface area contributed by atoms with E-state index in [0.717, 1.165) is 19.3 Å². The van der Waals surface area contributed by atoms with Crippen LogP contribution in [0.4, 0.5) is 0 Å². The van der Waals surface area contributed by atoms with Crippen LogP contribution in [-0.4, -0.2) is 24.6 Å². The minimum atomic E-state index is -0.213. The minimum absolute atomic E-state index is 0.0593. The lowest BCUT2D eigenvalue weighted by molar-refractivity contribution is -0.152. The maximum Gasteiger partial charge on any atom is 0.302 e. The van der Waals surface area contributed by atoms with E-state index in [1.807, 2.05) is 0 Å². The van der Waals surface area contributed by atoms with E-state index in [1.54, 1.807) is 0 Å². The first-order valence-electron chi connectivity index (χ1n) is 4.97. The molecule has 4 atom stereocenters. The zero-order valence-electron chi connectivity index (χ0n) is 8.14. The average molecular weight is 198 g/mol. The van der Waals surface area contributed by atoms with Crippen molar-refractivity contribution in [2.24, 2.45) is 11.8 Å². The Hall–Kier alpha value is -1.06. The molecule has 0 spiro atoms. The Balaban J connectivity index is 1.89. The van der Waals surface area contributed by atoms with Gasteiger partial charge in [0, 0.05) is 6.92 Å². The minimum Gasteiger partial charge on any atom is -0.464 e. The van der Waals surface area contributed by atoms with Crippen molar-refractivity contribution in [1.29, 1.82) is 0 Å². The summed E-state index contributed by atoms with van der Waals surface area (Å²) >= 11 is 0. The number of hydrogen-bond donors (Lipinski definition) is 0. The number of esters is 1. The van der Waals surface area contributed by atoms with E-state index in [9.17, 15) is 9.59 Å². The lowest BCUT2D eigenvalue weighted by Crippen LogP contribution is -2.30. The highest BCUT2D eigenvalue weighted by atomic mass is 16.5. The first-order valence-corrected chi connectivity index (χ1v) is 4.97. The van der Waals surface area contributed by atoms with Gasteiger partial charge in [-0.25, -0.2) is 0 Å². The van der Waals surface area contributed by atoms with E-state index in [-0.39, 0.29) is 18.2 Å². The van der Waals surface area contributed by atoms with Gasteiger partial charge in [-0.05, 0) is 31.1 Å². The maximum absolute atomic E-state index is 10.8. The Bertz CT molecular complexity index is 251. The van der Waals surface area contributed by atoms with Gasteiger partial charge in [0.2, 0.25) is 0 Å². The van der Waals surface area contributed by atoms with E-state index in [0.29, 0.717) is 18.3 Å². The molecule has 2 rings (SSSR count). The monoisotopic (exact) mass is 198 g/mol. The number of hydrogen-bond acceptors (Lipinski definition) is 4. The highest BCUT2D eigenvalue weighted by molar-refractivity contribution is 5.66. The van der Waals surface area contributed by atoms with Gasteiger partial charge in [-0.3, -0.25) is 9.59 Å². The van der Waals surface area contributed by atoms with Crippen molar-refractivity contribution in [3.05, 3.63) is 0 Å². The van der Waals surface area contributed by atoms with E-state index in [2.05, 4.69) is 0 Å². The molecule has 2 aliphatic rings. The van der Waals surface area contributed by atoms with E-state index in [4.69, 9.17) is 9.47 Å². The summed E-state index contributed by atoms with van der Waals surface area (Å²) in [7, 11) is 0. The van der Waals surface area contributed by atoms with E-state index < -0.39 is 0 Å². The molecule has 4 unspecified atom stereocenters. The first-order chi connectivity index (χ1) is 6.70. The van der Waals surface area contributed by atoms with Crippen LogP contribution >= 0.6 is 0 Å². The largest absolute Gasteiger partial charge is 0.464 e. The van der Waals surface area contributed by atoms with Gasteiger partial charge in [0.05, 0.1) is 0 Å². The molecule has 0 radical (unpaired) electrons. The maximum atomic E-state index is 10.8. The molecule has 0 aromatic heterocycles. The lowest BCUT2D eigenvalue weighted by atomic mass is 9.95. The molecule has 2 bridgehead atoms. The zero-order valence-corrected chi connectivity index (χ0v) is 8.14. The summed E-state index contributed by atoms with van der Waals surface area (Å²) in [6.07, 6.45) is 2.84. The van der Waals surface area contributed by atoms with Crippen molar-refractivity contribution >= 4 is 12.4 Å². The number of fused-ring (bicyclic) bond motifs is 2. The van der Waals surface area contributed by atoms with Crippen LogP contribution in [0, 0.1) is 11.8 Å². The number of carbonyl (C=O) groups excluding carboxylic acids is 2. The number of carbonyl (C=O) groups is 2. The Kier molecular flexibility index (Phi) is 2.44. The third-order valence-corrected chi connectivity index (χ3v) is 3.27. The van der Waals surface area contributed by atoms with E-state index >= 15 is 0 Å². The molecule has 0 aliphatic heterocycles.